The molecular formula is C19H19NO5S. The van der Waals surface area contributed by atoms with E-state index in [9.17, 15) is 9.59 Å². The van der Waals surface area contributed by atoms with Crippen LogP contribution in [-0.2, 0) is 27.2 Å². The summed E-state index contributed by atoms with van der Waals surface area (Å²) in [5.41, 5.74) is 1.35. The van der Waals surface area contributed by atoms with Gasteiger partial charge in [0, 0.05) is 28.4 Å². The van der Waals surface area contributed by atoms with Crippen molar-refractivity contribution in [1.29, 1.82) is 0 Å². The van der Waals surface area contributed by atoms with Gasteiger partial charge in [0.25, 0.3) is 5.91 Å². The van der Waals surface area contributed by atoms with E-state index in [1.54, 1.807) is 30.6 Å². The molecular weight excluding hydrogens is 354 g/mol. The van der Waals surface area contributed by atoms with Crippen molar-refractivity contribution in [2.24, 2.45) is 0 Å². The second-order valence-electron chi connectivity index (χ2n) is 5.64. The van der Waals surface area contributed by atoms with Crippen LogP contribution < -0.4 is 10.1 Å². The van der Waals surface area contributed by atoms with Gasteiger partial charge in [-0.25, -0.2) is 0 Å². The van der Waals surface area contributed by atoms with Crippen LogP contribution in [0.5, 0.6) is 5.75 Å². The third kappa shape index (κ3) is 4.64. The summed E-state index contributed by atoms with van der Waals surface area (Å²) in [6.45, 7) is 0.234. The number of carbonyl (C=O) groups excluding carboxylic acids is 2. The number of thiophene rings is 1. The molecule has 0 bridgehead atoms. The van der Waals surface area contributed by atoms with Gasteiger partial charge in [0.05, 0.1) is 19.8 Å². The zero-order chi connectivity index (χ0) is 18.4. The van der Waals surface area contributed by atoms with Gasteiger partial charge in [0.2, 0.25) is 0 Å². The number of carbonyl (C=O) groups is 2. The lowest BCUT2D eigenvalue weighted by molar-refractivity contribution is -0.147. The van der Waals surface area contributed by atoms with Gasteiger partial charge in [-0.15, -0.1) is 11.3 Å². The molecule has 0 aliphatic rings. The predicted molar refractivity (Wildman–Crippen MR) is 98.5 cm³/mol. The number of furan rings is 1. The monoisotopic (exact) mass is 373 g/mol. The van der Waals surface area contributed by atoms with Crippen LogP contribution in [-0.4, -0.2) is 32.1 Å². The Labute approximate surface area is 154 Å². The van der Waals surface area contributed by atoms with Gasteiger partial charge in [-0.3, -0.25) is 9.59 Å². The molecule has 1 N–H and O–H groups in total. The standard InChI is InChI=1S/C19H19NO5S/c1-23-14-4-5-16-13(11-24-17(16)10-14)9-19(22)25-12-18(21)20-7-6-15-3-2-8-26-15/h2-5,8,10-11H,6-7,9,12H2,1H3,(H,20,21). The van der Waals surface area contributed by atoms with E-state index in [1.807, 2.05) is 23.6 Å². The number of methoxy groups -OCH3 is 1. The minimum Gasteiger partial charge on any atom is -0.497 e. The summed E-state index contributed by atoms with van der Waals surface area (Å²) in [7, 11) is 1.58. The van der Waals surface area contributed by atoms with Gasteiger partial charge in [-0.05, 0) is 30.0 Å². The third-order valence-corrected chi connectivity index (χ3v) is 4.77. The minimum absolute atomic E-state index is 0.0435. The average Bonchev–Trinajstić information content (AvgIpc) is 3.30. The van der Waals surface area contributed by atoms with E-state index in [0.717, 1.165) is 11.8 Å². The van der Waals surface area contributed by atoms with Crippen LogP contribution in [0.3, 0.4) is 0 Å². The molecule has 0 radical (unpaired) electrons. The van der Waals surface area contributed by atoms with Crippen LogP contribution in [0.1, 0.15) is 10.4 Å². The number of hydrogen-bond acceptors (Lipinski definition) is 6. The Morgan fingerprint density at radius 3 is 2.92 bits per heavy atom. The maximum atomic E-state index is 12.0. The number of amides is 1. The van der Waals surface area contributed by atoms with Crippen molar-refractivity contribution in [2.75, 3.05) is 20.3 Å². The lowest BCUT2D eigenvalue weighted by atomic mass is 10.1. The predicted octanol–water partition coefficient (Wildman–Crippen LogP) is 2.95. The van der Waals surface area contributed by atoms with Crippen LogP contribution in [0.15, 0.2) is 46.4 Å². The Balaban J connectivity index is 1.44. The quantitative estimate of drug-likeness (QED) is 0.614. The highest BCUT2D eigenvalue weighted by Crippen LogP contribution is 2.26. The van der Waals surface area contributed by atoms with E-state index in [-0.39, 0.29) is 18.9 Å². The van der Waals surface area contributed by atoms with E-state index < -0.39 is 5.97 Å². The molecule has 1 aromatic carbocycles. The first-order valence-electron chi connectivity index (χ1n) is 8.14. The Kier molecular flexibility index (Phi) is 5.91. The molecule has 0 spiro atoms. The lowest BCUT2D eigenvalue weighted by Crippen LogP contribution is -2.30. The first-order chi connectivity index (χ1) is 12.7. The molecule has 6 nitrogen and oxygen atoms in total. The van der Waals surface area contributed by atoms with Crippen LogP contribution in [0, 0.1) is 0 Å². The largest absolute Gasteiger partial charge is 0.497 e. The van der Waals surface area contributed by atoms with Crippen molar-refractivity contribution in [3.8, 4) is 5.75 Å². The molecule has 26 heavy (non-hydrogen) atoms. The molecule has 1 amide bonds. The second-order valence-corrected chi connectivity index (χ2v) is 6.67. The maximum absolute atomic E-state index is 12.0. The van der Waals surface area contributed by atoms with Crippen molar-refractivity contribution in [2.45, 2.75) is 12.8 Å². The lowest BCUT2D eigenvalue weighted by Gasteiger charge is -2.06. The molecule has 0 aliphatic heterocycles. The molecule has 2 aromatic heterocycles. The van der Waals surface area contributed by atoms with Crippen LogP contribution in [0.2, 0.25) is 0 Å². The molecule has 2 heterocycles. The average molecular weight is 373 g/mol. The fourth-order valence-electron chi connectivity index (χ4n) is 2.51. The smallest absolute Gasteiger partial charge is 0.310 e. The molecule has 0 fully saturated rings. The fourth-order valence-corrected chi connectivity index (χ4v) is 3.22. The number of esters is 1. The highest BCUT2D eigenvalue weighted by molar-refractivity contribution is 7.09. The number of benzene rings is 1. The highest BCUT2D eigenvalue weighted by Gasteiger charge is 2.13. The van der Waals surface area contributed by atoms with Gasteiger partial charge < -0.3 is 19.2 Å². The zero-order valence-electron chi connectivity index (χ0n) is 14.3. The van der Waals surface area contributed by atoms with Crippen molar-refractivity contribution in [3.05, 3.63) is 52.4 Å². The van der Waals surface area contributed by atoms with E-state index in [1.165, 1.54) is 11.1 Å². The van der Waals surface area contributed by atoms with Gasteiger partial charge in [0.15, 0.2) is 6.61 Å². The van der Waals surface area contributed by atoms with Crippen molar-refractivity contribution < 1.29 is 23.5 Å². The number of ether oxygens (including phenoxy) is 2. The number of rotatable bonds is 8. The molecule has 0 saturated heterocycles. The molecule has 3 aromatic rings. The molecule has 7 heteroatoms. The van der Waals surface area contributed by atoms with Crippen LogP contribution in [0.25, 0.3) is 11.0 Å². The van der Waals surface area contributed by atoms with Crippen molar-refractivity contribution >= 4 is 34.2 Å². The first kappa shape index (κ1) is 18.0. The maximum Gasteiger partial charge on any atom is 0.310 e. The van der Waals surface area contributed by atoms with E-state index in [2.05, 4.69) is 5.32 Å². The number of fused-ring (bicyclic) bond motifs is 1. The van der Waals surface area contributed by atoms with Gasteiger partial charge >= 0.3 is 5.97 Å². The number of hydrogen-bond donors (Lipinski definition) is 1. The normalized spacial score (nSPS) is 10.7. The minimum atomic E-state index is -0.475. The van der Waals surface area contributed by atoms with E-state index in [0.29, 0.717) is 23.4 Å². The Morgan fingerprint density at radius 1 is 1.27 bits per heavy atom. The summed E-state index contributed by atoms with van der Waals surface area (Å²) in [5.74, 6) is -0.103. The summed E-state index contributed by atoms with van der Waals surface area (Å²) in [4.78, 5) is 24.9. The number of nitrogens with one attached hydrogen (secondary N) is 1. The summed E-state index contributed by atoms with van der Waals surface area (Å²) >= 11 is 1.64. The Bertz CT molecular complexity index is 885. The van der Waals surface area contributed by atoms with Crippen LogP contribution in [0.4, 0.5) is 0 Å². The van der Waals surface area contributed by atoms with Gasteiger partial charge in [-0.1, -0.05) is 6.07 Å². The molecule has 0 saturated carbocycles. The zero-order valence-corrected chi connectivity index (χ0v) is 15.1. The van der Waals surface area contributed by atoms with Crippen molar-refractivity contribution in [1.82, 2.24) is 5.32 Å². The molecule has 0 unspecified atom stereocenters. The SMILES string of the molecule is COc1ccc2c(CC(=O)OCC(=O)NCCc3cccs3)coc2c1. The van der Waals surface area contributed by atoms with E-state index >= 15 is 0 Å². The second kappa shape index (κ2) is 8.53. The first-order valence-corrected chi connectivity index (χ1v) is 9.02. The van der Waals surface area contributed by atoms with Crippen molar-refractivity contribution in [3.63, 3.8) is 0 Å². The molecule has 136 valence electrons. The van der Waals surface area contributed by atoms with Gasteiger partial charge in [0.1, 0.15) is 11.3 Å². The summed E-state index contributed by atoms with van der Waals surface area (Å²) in [5, 5.41) is 5.55. The Morgan fingerprint density at radius 2 is 2.15 bits per heavy atom. The summed E-state index contributed by atoms with van der Waals surface area (Å²) in [6.07, 6.45) is 2.33. The van der Waals surface area contributed by atoms with E-state index in [4.69, 9.17) is 13.9 Å². The molecule has 0 aliphatic carbocycles. The highest BCUT2D eigenvalue weighted by atomic mass is 32.1. The van der Waals surface area contributed by atoms with Gasteiger partial charge in [-0.2, -0.15) is 0 Å². The Hall–Kier alpha value is -2.80. The molecule has 0 atom stereocenters. The topological polar surface area (TPSA) is 77.8 Å². The summed E-state index contributed by atoms with van der Waals surface area (Å²) < 4.78 is 15.6. The van der Waals surface area contributed by atoms with Crippen LogP contribution >= 0.6 is 11.3 Å². The fraction of sp³-hybridized carbons (Fsp3) is 0.263. The molecule has 3 rings (SSSR count). The third-order valence-electron chi connectivity index (χ3n) is 3.84. The summed E-state index contributed by atoms with van der Waals surface area (Å²) in [6, 6.07) is 9.37.